The number of carbonyl (C=O) groups is 2. The molecular weight excluding hydrogens is 585 g/mol. The maximum atomic E-state index is 13.0. The van der Waals surface area contributed by atoms with Crippen molar-refractivity contribution in [3.05, 3.63) is 61.0 Å². The highest BCUT2D eigenvalue weighted by molar-refractivity contribution is 14.1. The molecule has 1 saturated heterocycles. The van der Waals surface area contributed by atoms with Gasteiger partial charge in [0.15, 0.2) is 11.5 Å². The lowest BCUT2D eigenvalue weighted by Crippen LogP contribution is -2.34. The van der Waals surface area contributed by atoms with Crippen LogP contribution < -0.4 is 9.47 Å². The van der Waals surface area contributed by atoms with Crippen molar-refractivity contribution in [2.75, 3.05) is 13.2 Å². The van der Waals surface area contributed by atoms with Crippen LogP contribution in [0.25, 0.3) is 6.08 Å². The molecule has 5 nitrogen and oxygen atoms in total. The second-order valence-corrected chi connectivity index (χ2v) is 11.1. The van der Waals surface area contributed by atoms with Gasteiger partial charge in [-0.25, -0.2) is 0 Å². The fourth-order valence-corrected chi connectivity index (χ4v) is 6.00. The molecule has 0 bridgehead atoms. The van der Waals surface area contributed by atoms with E-state index in [0.29, 0.717) is 47.1 Å². The van der Waals surface area contributed by atoms with Crippen LogP contribution in [-0.2, 0) is 11.4 Å². The van der Waals surface area contributed by atoms with Gasteiger partial charge in [-0.3, -0.25) is 14.5 Å². The standard InChI is InChI=1S/C26H27ClINO4S/c1-2-32-22-13-19(12-21(28)24(22)33-16-18-8-10-20(27)11-9-18)14-23-25(30)29(26(31)34-23)15-17-6-4-3-5-7-17/h8-14,17H,2-7,15-16H2,1H3/b23-14+. The Morgan fingerprint density at radius 1 is 1.12 bits per heavy atom. The first-order valence-corrected chi connectivity index (χ1v) is 13.8. The fraction of sp³-hybridized carbons (Fsp3) is 0.385. The molecule has 0 aromatic heterocycles. The number of hydrogen-bond donors (Lipinski definition) is 0. The molecule has 0 spiro atoms. The van der Waals surface area contributed by atoms with Gasteiger partial charge < -0.3 is 9.47 Å². The van der Waals surface area contributed by atoms with E-state index in [-0.39, 0.29) is 11.1 Å². The maximum absolute atomic E-state index is 13.0. The van der Waals surface area contributed by atoms with Crippen LogP contribution >= 0.6 is 46.0 Å². The Bertz CT molecular complexity index is 1080. The average molecular weight is 612 g/mol. The maximum Gasteiger partial charge on any atom is 0.293 e. The first-order chi connectivity index (χ1) is 16.4. The minimum Gasteiger partial charge on any atom is -0.490 e. The molecule has 2 fully saturated rings. The number of imide groups is 1. The topological polar surface area (TPSA) is 55.8 Å². The normalized spacial score (nSPS) is 18.1. The van der Waals surface area contributed by atoms with E-state index in [1.807, 2.05) is 43.3 Å². The minimum absolute atomic E-state index is 0.176. The summed E-state index contributed by atoms with van der Waals surface area (Å²) in [6.45, 7) is 3.31. The van der Waals surface area contributed by atoms with Crippen molar-refractivity contribution in [1.29, 1.82) is 0 Å². The Morgan fingerprint density at radius 3 is 2.56 bits per heavy atom. The molecular formula is C26H27ClINO4S. The Morgan fingerprint density at radius 2 is 1.85 bits per heavy atom. The highest BCUT2D eigenvalue weighted by Crippen LogP contribution is 2.38. The first-order valence-electron chi connectivity index (χ1n) is 11.5. The lowest BCUT2D eigenvalue weighted by atomic mass is 9.89. The zero-order valence-corrected chi connectivity index (χ0v) is 22.7. The van der Waals surface area contributed by atoms with Gasteiger partial charge in [0.1, 0.15) is 6.61 Å². The molecule has 8 heteroatoms. The Labute approximate surface area is 223 Å². The second-order valence-electron chi connectivity index (χ2n) is 8.47. The summed E-state index contributed by atoms with van der Waals surface area (Å²) in [5, 5.41) is 0.505. The van der Waals surface area contributed by atoms with Gasteiger partial charge in [0.25, 0.3) is 11.1 Å². The number of rotatable bonds is 8. The predicted molar refractivity (Wildman–Crippen MR) is 145 cm³/mol. The van der Waals surface area contributed by atoms with Crippen LogP contribution in [0.4, 0.5) is 4.79 Å². The van der Waals surface area contributed by atoms with E-state index in [4.69, 9.17) is 21.1 Å². The van der Waals surface area contributed by atoms with Gasteiger partial charge in [0.2, 0.25) is 0 Å². The van der Waals surface area contributed by atoms with Crippen molar-refractivity contribution in [3.63, 3.8) is 0 Å². The predicted octanol–water partition coefficient (Wildman–Crippen LogP) is 7.54. The van der Waals surface area contributed by atoms with Crippen LogP contribution in [0.5, 0.6) is 11.5 Å². The fourth-order valence-electron chi connectivity index (χ4n) is 4.25. The van der Waals surface area contributed by atoms with Crippen molar-refractivity contribution in [2.45, 2.75) is 45.6 Å². The Hall–Kier alpha value is -1.71. The van der Waals surface area contributed by atoms with Crippen molar-refractivity contribution in [3.8, 4) is 11.5 Å². The molecule has 0 atom stereocenters. The summed E-state index contributed by atoms with van der Waals surface area (Å²) in [7, 11) is 0. The zero-order valence-electron chi connectivity index (χ0n) is 19.0. The van der Waals surface area contributed by atoms with Crippen LogP contribution in [0.1, 0.15) is 50.2 Å². The van der Waals surface area contributed by atoms with Crippen molar-refractivity contribution >= 4 is 63.2 Å². The van der Waals surface area contributed by atoms with E-state index in [1.54, 1.807) is 6.08 Å². The largest absolute Gasteiger partial charge is 0.490 e. The summed E-state index contributed by atoms with van der Waals surface area (Å²) in [4.78, 5) is 27.4. The first kappa shape index (κ1) is 25.4. The molecule has 1 aliphatic heterocycles. The number of benzene rings is 2. The minimum atomic E-state index is -0.198. The van der Waals surface area contributed by atoms with Gasteiger partial charge in [0.05, 0.1) is 15.1 Å². The van der Waals surface area contributed by atoms with Crippen LogP contribution in [0, 0.1) is 9.49 Å². The SMILES string of the molecule is CCOc1cc(/C=C2/SC(=O)N(CC3CCCCC3)C2=O)cc(I)c1OCc1ccc(Cl)cc1. The van der Waals surface area contributed by atoms with Crippen molar-refractivity contribution in [1.82, 2.24) is 4.90 Å². The van der Waals surface area contributed by atoms with Crippen molar-refractivity contribution < 1.29 is 19.1 Å². The average Bonchev–Trinajstić information content (AvgIpc) is 3.08. The third-order valence-electron chi connectivity index (χ3n) is 5.96. The monoisotopic (exact) mass is 611 g/mol. The summed E-state index contributed by atoms with van der Waals surface area (Å²) in [5.41, 5.74) is 1.80. The molecule has 4 rings (SSSR count). The Balaban J connectivity index is 1.51. The molecule has 34 heavy (non-hydrogen) atoms. The van der Waals surface area contributed by atoms with E-state index in [1.165, 1.54) is 24.2 Å². The van der Waals surface area contributed by atoms with Crippen LogP contribution in [0.15, 0.2) is 41.3 Å². The van der Waals surface area contributed by atoms with Gasteiger partial charge in [-0.15, -0.1) is 0 Å². The number of hydrogen-bond acceptors (Lipinski definition) is 5. The smallest absolute Gasteiger partial charge is 0.293 e. The summed E-state index contributed by atoms with van der Waals surface area (Å²) >= 11 is 9.20. The van der Waals surface area contributed by atoms with Crippen LogP contribution in [0.2, 0.25) is 5.02 Å². The molecule has 2 aliphatic rings. The number of halogens is 2. The van der Waals surface area contributed by atoms with Gasteiger partial charge in [0, 0.05) is 11.6 Å². The summed E-state index contributed by atoms with van der Waals surface area (Å²) in [6, 6.07) is 11.3. The molecule has 1 heterocycles. The molecule has 1 aliphatic carbocycles. The molecule has 180 valence electrons. The molecule has 0 unspecified atom stereocenters. The molecule has 2 aromatic carbocycles. The number of nitrogens with zero attached hydrogens (tertiary/aromatic N) is 1. The highest BCUT2D eigenvalue weighted by Gasteiger charge is 2.36. The Kier molecular flexibility index (Phi) is 8.82. The van der Waals surface area contributed by atoms with E-state index in [9.17, 15) is 9.59 Å². The lowest BCUT2D eigenvalue weighted by molar-refractivity contribution is -0.123. The van der Waals surface area contributed by atoms with Gasteiger partial charge in [-0.1, -0.05) is 43.0 Å². The molecule has 1 saturated carbocycles. The van der Waals surface area contributed by atoms with Crippen LogP contribution in [0.3, 0.4) is 0 Å². The molecule has 2 amide bonds. The van der Waals surface area contributed by atoms with Gasteiger partial charge >= 0.3 is 0 Å². The summed E-state index contributed by atoms with van der Waals surface area (Å²) < 4.78 is 12.8. The van der Waals surface area contributed by atoms with E-state index in [2.05, 4.69) is 22.6 Å². The van der Waals surface area contributed by atoms with Gasteiger partial charge in [-0.2, -0.15) is 0 Å². The number of thioether (sulfide) groups is 1. The summed E-state index contributed by atoms with van der Waals surface area (Å²) in [5.74, 6) is 1.48. The van der Waals surface area contributed by atoms with Crippen molar-refractivity contribution in [2.24, 2.45) is 5.92 Å². The molecule has 0 N–H and O–H groups in total. The molecule has 0 radical (unpaired) electrons. The number of amides is 2. The molecule has 2 aromatic rings. The quantitative estimate of drug-likeness (QED) is 0.228. The second kappa shape index (κ2) is 11.8. The van der Waals surface area contributed by atoms with E-state index >= 15 is 0 Å². The third-order valence-corrected chi connectivity index (χ3v) is 7.93. The lowest BCUT2D eigenvalue weighted by Gasteiger charge is -2.25. The highest BCUT2D eigenvalue weighted by atomic mass is 127. The van der Waals surface area contributed by atoms with Gasteiger partial charge in [-0.05, 0) is 102 Å². The van der Waals surface area contributed by atoms with E-state index in [0.717, 1.165) is 39.3 Å². The number of carbonyl (C=O) groups excluding carboxylic acids is 2. The summed E-state index contributed by atoms with van der Waals surface area (Å²) in [6.07, 6.45) is 7.57. The third kappa shape index (κ3) is 6.29. The number of ether oxygens (including phenoxy) is 2. The van der Waals surface area contributed by atoms with E-state index < -0.39 is 0 Å². The van der Waals surface area contributed by atoms with Crippen LogP contribution in [-0.4, -0.2) is 29.2 Å². The zero-order chi connectivity index (χ0) is 24.1.